The van der Waals surface area contributed by atoms with Crippen molar-refractivity contribution in [1.29, 1.82) is 0 Å². The molecule has 0 fully saturated rings. The molecule has 0 aliphatic rings. The molecule has 352 valence electrons. The van der Waals surface area contributed by atoms with Crippen LogP contribution < -0.4 is 0 Å². The summed E-state index contributed by atoms with van der Waals surface area (Å²) in [6, 6.07) is 0. The van der Waals surface area contributed by atoms with E-state index in [1.54, 1.807) is 0 Å². The van der Waals surface area contributed by atoms with E-state index in [0.29, 0.717) is 24.1 Å². The van der Waals surface area contributed by atoms with Gasteiger partial charge in [0.25, 0.3) is 0 Å². The molecule has 2 atom stereocenters. The molecule has 0 aromatic carbocycles. The quantitative estimate of drug-likeness (QED) is 0.0214. The summed E-state index contributed by atoms with van der Waals surface area (Å²) in [5, 5.41) is 0. The molecule has 0 saturated heterocycles. The maximum atomic E-state index is 12.7. The molecule has 2 unspecified atom stereocenters. The summed E-state index contributed by atoms with van der Waals surface area (Å²) in [4.78, 5) is 22.9. The van der Waals surface area contributed by atoms with Gasteiger partial charge in [-0.1, -0.05) is 178 Å². The highest BCUT2D eigenvalue weighted by Crippen LogP contribution is 2.43. The normalized spacial score (nSPS) is 14.0. The van der Waals surface area contributed by atoms with Crippen LogP contribution in [-0.2, 0) is 27.9 Å². The lowest BCUT2D eigenvalue weighted by Gasteiger charge is -2.24. The molecule has 1 N–H and O–H groups in total. The first kappa shape index (κ1) is 58.5. The minimum Gasteiger partial charge on any atom is -0.457 e. The molecule has 9 heteroatoms. The summed E-state index contributed by atoms with van der Waals surface area (Å²) in [6.07, 6.45) is 54.4. The number of allylic oxidation sites excluding steroid dienone is 8. The first-order valence-corrected chi connectivity index (χ1v) is 26.4. The monoisotopic (exact) mass is 867 g/mol. The number of likely N-dealkylation sites (N-methyl/N-ethyl adjacent to an activating group) is 1. The van der Waals surface area contributed by atoms with Crippen molar-refractivity contribution in [1.82, 2.24) is 0 Å². The van der Waals surface area contributed by atoms with Crippen LogP contribution in [0.25, 0.3) is 0 Å². The van der Waals surface area contributed by atoms with Gasteiger partial charge in [-0.05, 0) is 77.0 Å². The average molecular weight is 867 g/mol. The van der Waals surface area contributed by atoms with E-state index in [2.05, 4.69) is 62.5 Å². The highest BCUT2D eigenvalue weighted by Gasteiger charge is 2.26. The molecule has 8 nitrogen and oxygen atoms in total. The Morgan fingerprint density at radius 2 is 0.917 bits per heavy atom. The van der Waals surface area contributed by atoms with Gasteiger partial charge in [-0.3, -0.25) is 13.8 Å². The van der Waals surface area contributed by atoms with Gasteiger partial charge in [0.1, 0.15) is 19.3 Å². The first-order valence-electron chi connectivity index (χ1n) is 24.9. The van der Waals surface area contributed by atoms with Crippen molar-refractivity contribution in [2.75, 3.05) is 54.1 Å². The van der Waals surface area contributed by atoms with Gasteiger partial charge in [0.05, 0.1) is 34.4 Å². The first-order chi connectivity index (χ1) is 29.1. The number of hydrogen-bond donors (Lipinski definition) is 1. The summed E-state index contributed by atoms with van der Waals surface area (Å²) in [7, 11) is 1.66. The number of esters is 1. The Morgan fingerprint density at radius 1 is 0.517 bits per heavy atom. The minimum absolute atomic E-state index is 0.0849. The second kappa shape index (κ2) is 44.1. The molecule has 0 amide bonds. The number of quaternary nitrogens is 1. The number of hydrogen-bond acceptors (Lipinski definition) is 6. The number of nitrogens with zero attached hydrogens (tertiary/aromatic N) is 1. The fraction of sp³-hybridized carbons (Fsp3) is 0.824. The lowest BCUT2D eigenvalue weighted by molar-refractivity contribution is -0.870. The van der Waals surface area contributed by atoms with Gasteiger partial charge in [-0.25, -0.2) is 4.57 Å². The van der Waals surface area contributed by atoms with E-state index >= 15 is 0 Å². The van der Waals surface area contributed by atoms with Crippen LogP contribution in [0.2, 0.25) is 0 Å². The molecule has 60 heavy (non-hydrogen) atoms. The summed E-state index contributed by atoms with van der Waals surface area (Å²) in [5.74, 6) is -0.325. The molecule has 0 bridgehead atoms. The molecule has 0 aliphatic heterocycles. The molecule has 0 aliphatic carbocycles. The second-order valence-electron chi connectivity index (χ2n) is 17.8. The Labute approximate surface area is 371 Å². The maximum Gasteiger partial charge on any atom is 0.472 e. The van der Waals surface area contributed by atoms with Crippen molar-refractivity contribution in [3.8, 4) is 0 Å². The molecular weight excluding hydrogens is 770 g/mol. The van der Waals surface area contributed by atoms with Crippen molar-refractivity contribution >= 4 is 13.8 Å². The van der Waals surface area contributed by atoms with E-state index in [9.17, 15) is 14.3 Å². The van der Waals surface area contributed by atoms with E-state index < -0.39 is 13.9 Å². The van der Waals surface area contributed by atoms with Gasteiger partial charge in [0.15, 0.2) is 0 Å². The summed E-state index contributed by atoms with van der Waals surface area (Å²) < 4.78 is 35.1. The standard InChI is InChI=1S/C51H96NO7P/c1-6-8-10-12-14-16-18-20-22-23-24-25-26-27-28-29-30-31-33-35-37-39-41-43-46-56-48-50(49-58-60(54,55)57-47-45-52(3,4)5)59-51(53)44-42-40-38-36-34-32-21-19-17-15-13-11-9-7-2/h18-21,23-24,26-27,50H,6-17,22,25,28-49H2,1-5H3/p+1/b20-18-,21-19-,24-23-,27-26-. The van der Waals surface area contributed by atoms with Crippen molar-refractivity contribution in [3.63, 3.8) is 0 Å². The zero-order valence-electron chi connectivity index (χ0n) is 39.9. The zero-order chi connectivity index (χ0) is 44.1. The van der Waals surface area contributed by atoms with Crippen LogP contribution in [0.4, 0.5) is 0 Å². The third kappa shape index (κ3) is 47.5. The van der Waals surface area contributed by atoms with E-state index in [4.69, 9.17) is 18.5 Å². The second-order valence-corrected chi connectivity index (χ2v) is 19.3. The van der Waals surface area contributed by atoms with Crippen LogP contribution in [0.15, 0.2) is 48.6 Å². The molecule has 0 aromatic heterocycles. The van der Waals surface area contributed by atoms with E-state index in [0.717, 1.165) is 57.8 Å². The fourth-order valence-corrected chi connectivity index (χ4v) is 7.47. The smallest absolute Gasteiger partial charge is 0.457 e. The molecule has 0 saturated carbocycles. The van der Waals surface area contributed by atoms with Gasteiger partial charge >= 0.3 is 13.8 Å². The van der Waals surface area contributed by atoms with E-state index in [1.165, 1.54) is 135 Å². The predicted octanol–water partition coefficient (Wildman–Crippen LogP) is 15.1. The fourth-order valence-electron chi connectivity index (χ4n) is 6.73. The Hall–Kier alpha value is -1.54. The summed E-state index contributed by atoms with van der Waals surface area (Å²) in [6.45, 7) is 5.59. The van der Waals surface area contributed by atoms with Crippen molar-refractivity contribution in [2.24, 2.45) is 0 Å². The Balaban J connectivity index is 4.14. The summed E-state index contributed by atoms with van der Waals surface area (Å²) in [5.41, 5.74) is 0. The van der Waals surface area contributed by atoms with Crippen LogP contribution in [0, 0.1) is 0 Å². The van der Waals surface area contributed by atoms with Crippen LogP contribution in [0.1, 0.15) is 213 Å². The van der Waals surface area contributed by atoms with Gasteiger partial charge < -0.3 is 18.9 Å². The van der Waals surface area contributed by atoms with Gasteiger partial charge in [-0.15, -0.1) is 0 Å². The van der Waals surface area contributed by atoms with Crippen LogP contribution >= 0.6 is 7.82 Å². The number of unbranched alkanes of at least 4 members (excludes halogenated alkanes) is 24. The third-order valence-electron chi connectivity index (χ3n) is 10.6. The number of ether oxygens (including phenoxy) is 2. The van der Waals surface area contributed by atoms with Gasteiger partial charge in [0, 0.05) is 13.0 Å². The third-order valence-corrected chi connectivity index (χ3v) is 11.6. The predicted molar refractivity (Wildman–Crippen MR) is 256 cm³/mol. The summed E-state index contributed by atoms with van der Waals surface area (Å²) >= 11 is 0. The van der Waals surface area contributed by atoms with Crippen molar-refractivity contribution in [3.05, 3.63) is 48.6 Å². The molecule has 0 heterocycles. The topological polar surface area (TPSA) is 91.3 Å². The maximum absolute atomic E-state index is 12.7. The molecule has 0 aromatic rings. The molecular formula is C51H97NO7P+. The SMILES string of the molecule is CCCCCCC/C=C\C/C=C\C/C=C\CCCCCCCCCCCOCC(COP(=O)(O)OCC[N+](C)(C)C)OC(=O)CCCCCCC/C=C\CCCCCCC. The molecule has 0 radical (unpaired) electrons. The van der Waals surface area contributed by atoms with Crippen molar-refractivity contribution < 1.29 is 37.3 Å². The van der Waals surface area contributed by atoms with Crippen LogP contribution in [-0.4, -0.2) is 75.6 Å². The van der Waals surface area contributed by atoms with E-state index in [-0.39, 0.29) is 25.8 Å². The minimum atomic E-state index is -4.28. The highest BCUT2D eigenvalue weighted by atomic mass is 31.2. The lowest BCUT2D eigenvalue weighted by Crippen LogP contribution is -2.37. The Kier molecular flexibility index (Phi) is 43.0. The Bertz CT molecular complexity index is 1100. The molecule has 0 rings (SSSR count). The number of phosphoric acid groups is 1. The highest BCUT2D eigenvalue weighted by molar-refractivity contribution is 7.47. The lowest BCUT2D eigenvalue weighted by atomic mass is 10.1. The molecule has 0 spiro atoms. The number of rotatable bonds is 46. The van der Waals surface area contributed by atoms with Crippen molar-refractivity contribution in [2.45, 2.75) is 219 Å². The van der Waals surface area contributed by atoms with Gasteiger partial charge in [-0.2, -0.15) is 0 Å². The Morgan fingerprint density at radius 3 is 1.38 bits per heavy atom. The van der Waals surface area contributed by atoms with E-state index in [1.807, 2.05) is 21.1 Å². The number of carbonyl (C=O) groups is 1. The average Bonchev–Trinajstić information content (AvgIpc) is 3.20. The number of carbonyl (C=O) groups excluding carboxylic acids is 1. The van der Waals surface area contributed by atoms with Crippen LogP contribution in [0.3, 0.4) is 0 Å². The largest absolute Gasteiger partial charge is 0.472 e. The van der Waals surface area contributed by atoms with Gasteiger partial charge in [0.2, 0.25) is 0 Å². The number of phosphoric ester groups is 1. The zero-order valence-corrected chi connectivity index (χ0v) is 40.8. The van der Waals surface area contributed by atoms with Crippen LogP contribution in [0.5, 0.6) is 0 Å².